The van der Waals surface area contributed by atoms with Crippen molar-refractivity contribution in [3.63, 3.8) is 0 Å². The highest BCUT2D eigenvalue weighted by Crippen LogP contribution is 2.43. The standard InChI is InChI=1S/C16H23N5O2/c1-15(2)14(22)20-12-11(23-15)13(19-10-18-12)21-7-4-16(5-8-21)3-6-17-9-16/h10,17H,3-9H2,1-2H3,(H,18,19,20,22). The van der Waals surface area contributed by atoms with E-state index >= 15 is 0 Å². The fourth-order valence-corrected chi connectivity index (χ4v) is 3.75. The van der Waals surface area contributed by atoms with E-state index in [1.54, 1.807) is 13.8 Å². The van der Waals surface area contributed by atoms with E-state index in [1.165, 1.54) is 12.7 Å². The summed E-state index contributed by atoms with van der Waals surface area (Å²) in [5.41, 5.74) is -0.448. The van der Waals surface area contributed by atoms with Crippen LogP contribution >= 0.6 is 0 Å². The van der Waals surface area contributed by atoms with Crippen LogP contribution in [0.15, 0.2) is 6.33 Å². The average Bonchev–Trinajstić information content (AvgIpc) is 2.97. The second-order valence-electron chi connectivity index (χ2n) is 7.36. The summed E-state index contributed by atoms with van der Waals surface area (Å²) in [6, 6.07) is 0. The molecule has 3 aliphatic rings. The first kappa shape index (κ1) is 14.7. The molecule has 2 N–H and O–H groups in total. The van der Waals surface area contributed by atoms with Gasteiger partial charge in [-0.25, -0.2) is 9.97 Å². The van der Waals surface area contributed by atoms with Gasteiger partial charge in [0.2, 0.25) is 5.75 Å². The van der Waals surface area contributed by atoms with Crippen LogP contribution in [0.3, 0.4) is 0 Å². The lowest BCUT2D eigenvalue weighted by Gasteiger charge is -2.41. The Bertz CT molecular complexity index is 629. The van der Waals surface area contributed by atoms with E-state index in [9.17, 15) is 4.79 Å². The molecule has 0 aliphatic carbocycles. The molecular formula is C16H23N5O2. The highest BCUT2D eigenvalue weighted by molar-refractivity contribution is 6.00. The molecule has 124 valence electrons. The first-order valence-electron chi connectivity index (χ1n) is 8.30. The molecule has 0 atom stereocenters. The number of carbonyl (C=O) groups excluding carboxylic acids is 1. The minimum Gasteiger partial charge on any atom is -0.470 e. The lowest BCUT2D eigenvalue weighted by atomic mass is 9.78. The van der Waals surface area contributed by atoms with Gasteiger partial charge < -0.3 is 20.3 Å². The maximum atomic E-state index is 12.0. The molecule has 1 amide bonds. The van der Waals surface area contributed by atoms with Crippen LogP contribution in [0.4, 0.5) is 11.6 Å². The van der Waals surface area contributed by atoms with Crippen molar-refractivity contribution in [1.82, 2.24) is 15.3 Å². The average molecular weight is 317 g/mol. The van der Waals surface area contributed by atoms with Gasteiger partial charge in [0, 0.05) is 19.6 Å². The Labute approximate surface area is 135 Å². The zero-order chi connectivity index (χ0) is 16.1. The summed E-state index contributed by atoms with van der Waals surface area (Å²) >= 11 is 0. The molecule has 7 nitrogen and oxygen atoms in total. The van der Waals surface area contributed by atoms with Crippen molar-refractivity contribution in [3.8, 4) is 5.75 Å². The molecule has 0 radical (unpaired) electrons. The number of nitrogens with zero attached hydrogens (tertiary/aromatic N) is 3. The SMILES string of the molecule is CC1(C)Oc2c(ncnc2N2CCC3(CCNC3)CC2)NC1=O. The number of anilines is 2. The number of hydrogen-bond donors (Lipinski definition) is 2. The van der Waals surface area contributed by atoms with E-state index in [0.717, 1.165) is 44.8 Å². The Morgan fingerprint density at radius 2 is 2.00 bits per heavy atom. The molecule has 1 aromatic heterocycles. The van der Waals surface area contributed by atoms with Crippen LogP contribution in [0, 0.1) is 5.41 Å². The number of hydrogen-bond acceptors (Lipinski definition) is 6. The largest absolute Gasteiger partial charge is 0.470 e. The third kappa shape index (κ3) is 2.43. The van der Waals surface area contributed by atoms with Crippen molar-refractivity contribution in [2.24, 2.45) is 5.41 Å². The first-order valence-corrected chi connectivity index (χ1v) is 8.30. The number of ether oxygens (including phenoxy) is 1. The van der Waals surface area contributed by atoms with Gasteiger partial charge in [0.05, 0.1) is 0 Å². The summed E-state index contributed by atoms with van der Waals surface area (Å²) in [6.07, 6.45) is 5.09. The molecule has 2 fully saturated rings. The molecule has 7 heteroatoms. The van der Waals surface area contributed by atoms with Gasteiger partial charge >= 0.3 is 0 Å². The predicted molar refractivity (Wildman–Crippen MR) is 86.7 cm³/mol. The summed E-state index contributed by atoms with van der Waals surface area (Å²) in [5.74, 6) is 1.69. The summed E-state index contributed by atoms with van der Waals surface area (Å²) in [6.45, 7) is 7.70. The number of fused-ring (bicyclic) bond motifs is 1. The van der Waals surface area contributed by atoms with Crippen molar-refractivity contribution in [2.45, 2.75) is 38.7 Å². The number of carbonyl (C=O) groups is 1. The van der Waals surface area contributed by atoms with Crippen LogP contribution in [0.2, 0.25) is 0 Å². The number of aromatic nitrogens is 2. The highest BCUT2D eigenvalue weighted by atomic mass is 16.5. The van der Waals surface area contributed by atoms with Gasteiger partial charge in [-0.1, -0.05) is 0 Å². The molecule has 1 aromatic rings. The van der Waals surface area contributed by atoms with Crippen molar-refractivity contribution in [2.75, 3.05) is 36.4 Å². The van der Waals surface area contributed by atoms with Gasteiger partial charge in [-0.15, -0.1) is 0 Å². The van der Waals surface area contributed by atoms with Crippen LogP contribution in [-0.4, -0.2) is 47.7 Å². The fourth-order valence-electron chi connectivity index (χ4n) is 3.75. The second-order valence-corrected chi connectivity index (χ2v) is 7.36. The Morgan fingerprint density at radius 3 is 2.70 bits per heavy atom. The van der Waals surface area contributed by atoms with Gasteiger partial charge in [0.1, 0.15) is 6.33 Å². The van der Waals surface area contributed by atoms with E-state index in [0.29, 0.717) is 17.0 Å². The summed E-state index contributed by atoms with van der Waals surface area (Å²) in [5, 5.41) is 6.31. The van der Waals surface area contributed by atoms with Crippen LogP contribution in [-0.2, 0) is 4.79 Å². The fraction of sp³-hybridized carbons (Fsp3) is 0.688. The van der Waals surface area contributed by atoms with Gasteiger partial charge in [-0.3, -0.25) is 4.79 Å². The van der Waals surface area contributed by atoms with E-state index in [2.05, 4.69) is 25.5 Å². The van der Waals surface area contributed by atoms with Crippen molar-refractivity contribution < 1.29 is 9.53 Å². The Balaban J connectivity index is 1.59. The number of rotatable bonds is 1. The highest BCUT2D eigenvalue weighted by Gasteiger charge is 2.41. The van der Waals surface area contributed by atoms with Gasteiger partial charge in [-0.2, -0.15) is 0 Å². The Hall–Kier alpha value is -1.89. The molecule has 23 heavy (non-hydrogen) atoms. The predicted octanol–water partition coefficient (Wildman–Crippen LogP) is 1.17. The van der Waals surface area contributed by atoms with Crippen LogP contribution in [0.5, 0.6) is 5.75 Å². The summed E-state index contributed by atoms with van der Waals surface area (Å²) in [4.78, 5) is 22.9. The van der Waals surface area contributed by atoms with Crippen molar-refractivity contribution in [1.29, 1.82) is 0 Å². The molecular weight excluding hydrogens is 294 g/mol. The van der Waals surface area contributed by atoms with Crippen molar-refractivity contribution in [3.05, 3.63) is 6.33 Å². The molecule has 3 aliphatic heterocycles. The quantitative estimate of drug-likeness (QED) is 0.809. The van der Waals surface area contributed by atoms with Gasteiger partial charge in [-0.05, 0) is 45.1 Å². The third-order valence-corrected chi connectivity index (χ3v) is 5.38. The maximum Gasteiger partial charge on any atom is 0.269 e. The van der Waals surface area contributed by atoms with Crippen LogP contribution in [0.1, 0.15) is 33.1 Å². The maximum absolute atomic E-state index is 12.0. The molecule has 1 spiro atoms. The summed E-state index contributed by atoms with van der Waals surface area (Å²) < 4.78 is 5.94. The summed E-state index contributed by atoms with van der Waals surface area (Å²) in [7, 11) is 0. The second kappa shape index (κ2) is 5.06. The molecule has 0 bridgehead atoms. The van der Waals surface area contributed by atoms with Gasteiger partial charge in [0.25, 0.3) is 5.91 Å². The zero-order valence-electron chi connectivity index (χ0n) is 13.7. The smallest absolute Gasteiger partial charge is 0.269 e. The molecule has 0 unspecified atom stereocenters. The monoisotopic (exact) mass is 317 g/mol. The van der Waals surface area contributed by atoms with Gasteiger partial charge in [0.15, 0.2) is 17.2 Å². The van der Waals surface area contributed by atoms with Crippen molar-refractivity contribution >= 4 is 17.5 Å². The number of piperidine rings is 1. The molecule has 4 rings (SSSR count). The lowest BCUT2D eigenvalue weighted by Crippen LogP contribution is -2.47. The van der Waals surface area contributed by atoms with Crippen LogP contribution < -0.4 is 20.3 Å². The molecule has 4 heterocycles. The van der Waals surface area contributed by atoms with E-state index < -0.39 is 5.60 Å². The third-order valence-electron chi connectivity index (χ3n) is 5.38. The van der Waals surface area contributed by atoms with E-state index in [4.69, 9.17) is 4.74 Å². The first-order chi connectivity index (χ1) is 11.0. The Kier molecular flexibility index (Phi) is 3.23. The van der Waals surface area contributed by atoms with Crippen LogP contribution in [0.25, 0.3) is 0 Å². The Morgan fingerprint density at radius 1 is 1.22 bits per heavy atom. The molecule has 0 saturated carbocycles. The minimum atomic E-state index is -0.904. The topological polar surface area (TPSA) is 79.4 Å². The lowest BCUT2D eigenvalue weighted by molar-refractivity contribution is -0.129. The molecule has 0 aromatic carbocycles. The van der Waals surface area contributed by atoms with E-state index in [-0.39, 0.29) is 5.91 Å². The normalized spacial score (nSPS) is 25.0. The molecule has 2 saturated heterocycles. The van der Waals surface area contributed by atoms with E-state index in [1.807, 2.05) is 0 Å². The minimum absolute atomic E-state index is 0.177. The number of nitrogens with one attached hydrogen (secondary N) is 2. The zero-order valence-corrected chi connectivity index (χ0v) is 13.7. The number of amides is 1.